The first-order valence-electron chi connectivity index (χ1n) is 6.37. The van der Waals surface area contributed by atoms with Gasteiger partial charge >= 0.3 is 5.97 Å². The predicted octanol–water partition coefficient (Wildman–Crippen LogP) is 2.58. The van der Waals surface area contributed by atoms with Gasteiger partial charge in [-0.2, -0.15) is 0 Å². The van der Waals surface area contributed by atoms with Crippen LogP contribution in [0.25, 0.3) is 11.5 Å². The second kappa shape index (κ2) is 5.22. The molecule has 1 aliphatic rings. The Labute approximate surface area is 110 Å². The van der Waals surface area contributed by atoms with E-state index in [0.717, 1.165) is 24.8 Å². The van der Waals surface area contributed by atoms with Crippen molar-refractivity contribution in [3.05, 3.63) is 36.2 Å². The Hall–Kier alpha value is -2.17. The quantitative estimate of drug-likeness (QED) is 0.788. The molecule has 0 aliphatic heterocycles. The maximum absolute atomic E-state index is 11.6. The van der Waals surface area contributed by atoms with Gasteiger partial charge in [-0.3, -0.25) is 4.79 Å². The van der Waals surface area contributed by atoms with Crippen LogP contribution in [0.2, 0.25) is 0 Å². The number of esters is 1. The lowest BCUT2D eigenvalue weighted by molar-refractivity contribution is -0.153. The van der Waals surface area contributed by atoms with E-state index < -0.39 is 0 Å². The molecule has 0 saturated heterocycles. The van der Waals surface area contributed by atoms with E-state index in [1.807, 2.05) is 30.3 Å². The van der Waals surface area contributed by atoms with Gasteiger partial charge < -0.3 is 9.15 Å². The molecule has 98 valence electrons. The Morgan fingerprint density at radius 1 is 1.26 bits per heavy atom. The Kier molecular flexibility index (Phi) is 3.27. The number of carbonyl (C=O) groups is 1. The second-order valence-corrected chi connectivity index (χ2v) is 4.60. The van der Waals surface area contributed by atoms with Crippen LogP contribution in [-0.4, -0.2) is 16.2 Å². The lowest BCUT2D eigenvalue weighted by Crippen LogP contribution is -2.23. The molecule has 1 saturated carbocycles. The smallest absolute Gasteiger partial charge is 0.309 e. The van der Waals surface area contributed by atoms with Crippen LogP contribution < -0.4 is 0 Å². The van der Waals surface area contributed by atoms with Crippen LogP contribution in [0.4, 0.5) is 0 Å². The van der Waals surface area contributed by atoms with E-state index in [9.17, 15) is 4.79 Å². The Morgan fingerprint density at radius 2 is 2.05 bits per heavy atom. The zero-order valence-corrected chi connectivity index (χ0v) is 10.4. The van der Waals surface area contributed by atoms with Crippen molar-refractivity contribution in [1.82, 2.24) is 10.2 Å². The molecule has 0 N–H and O–H groups in total. The molecule has 0 atom stereocenters. The molecule has 2 aromatic rings. The minimum absolute atomic E-state index is 0.0508. The topological polar surface area (TPSA) is 65.2 Å². The minimum Gasteiger partial charge on any atom is -0.455 e. The van der Waals surface area contributed by atoms with Crippen LogP contribution in [0.15, 0.2) is 34.7 Å². The monoisotopic (exact) mass is 258 g/mol. The van der Waals surface area contributed by atoms with Gasteiger partial charge in [-0.25, -0.2) is 0 Å². The van der Waals surface area contributed by atoms with Crippen LogP contribution >= 0.6 is 0 Å². The van der Waals surface area contributed by atoms with Crippen molar-refractivity contribution in [3.8, 4) is 11.5 Å². The van der Waals surface area contributed by atoms with E-state index in [4.69, 9.17) is 9.15 Å². The Balaban J connectivity index is 1.60. The fourth-order valence-electron chi connectivity index (χ4n) is 1.90. The van der Waals surface area contributed by atoms with Gasteiger partial charge in [0.25, 0.3) is 5.89 Å². The highest BCUT2D eigenvalue weighted by Gasteiger charge is 2.27. The van der Waals surface area contributed by atoms with Crippen molar-refractivity contribution in [3.63, 3.8) is 0 Å². The van der Waals surface area contributed by atoms with Crippen LogP contribution in [0.5, 0.6) is 0 Å². The minimum atomic E-state index is -0.161. The van der Waals surface area contributed by atoms with Gasteiger partial charge in [0.2, 0.25) is 5.89 Å². The molecule has 19 heavy (non-hydrogen) atoms. The molecule has 5 heteroatoms. The molecule has 5 nitrogen and oxygen atoms in total. The van der Waals surface area contributed by atoms with E-state index in [-0.39, 0.29) is 18.5 Å². The summed E-state index contributed by atoms with van der Waals surface area (Å²) in [5.74, 6) is 0.670. The number of benzene rings is 1. The number of carbonyl (C=O) groups excluding carboxylic acids is 1. The summed E-state index contributed by atoms with van der Waals surface area (Å²) in [5, 5.41) is 7.81. The number of aromatic nitrogens is 2. The Bertz CT molecular complexity index is 561. The number of hydrogen-bond donors (Lipinski definition) is 0. The van der Waals surface area contributed by atoms with Crippen molar-refractivity contribution in [2.45, 2.75) is 25.9 Å². The van der Waals surface area contributed by atoms with Crippen molar-refractivity contribution in [2.75, 3.05) is 0 Å². The highest BCUT2D eigenvalue weighted by atomic mass is 16.5. The maximum atomic E-state index is 11.6. The normalized spacial score (nSPS) is 14.9. The highest BCUT2D eigenvalue weighted by Crippen LogP contribution is 2.27. The van der Waals surface area contributed by atoms with Crippen LogP contribution in [0, 0.1) is 5.92 Å². The summed E-state index contributed by atoms with van der Waals surface area (Å²) in [5.41, 5.74) is 0.853. The lowest BCUT2D eigenvalue weighted by Gasteiger charge is -2.22. The summed E-state index contributed by atoms with van der Waals surface area (Å²) in [6, 6.07) is 9.49. The van der Waals surface area contributed by atoms with Gasteiger partial charge in [-0.15, -0.1) is 10.2 Å². The van der Waals surface area contributed by atoms with Crippen LogP contribution in [-0.2, 0) is 16.1 Å². The molecular weight excluding hydrogens is 244 g/mol. The van der Waals surface area contributed by atoms with E-state index >= 15 is 0 Å². The number of hydrogen-bond acceptors (Lipinski definition) is 5. The first kappa shape index (κ1) is 11.9. The third kappa shape index (κ3) is 2.65. The van der Waals surface area contributed by atoms with Gasteiger partial charge in [0.05, 0.1) is 5.92 Å². The van der Waals surface area contributed by atoms with Gasteiger partial charge in [0, 0.05) is 5.56 Å². The summed E-state index contributed by atoms with van der Waals surface area (Å²) in [6.07, 6.45) is 2.97. The zero-order valence-electron chi connectivity index (χ0n) is 10.4. The third-order valence-electron chi connectivity index (χ3n) is 3.26. The second-order valence-electron chi connectivity index (χ2n) is 4.60. The SMILES string of the molecule is O=C(OCc1nnc(-c2ccccc2)o1)C1CCC1. The van der Waals surface area contributed by atoms with E-state index in [1.165, 1.54) is 0 Å². The zero-order chi connectivity index (χ0) is 13.1. The van der Waals surface area contributed by atoms with E-state index in [2.05, 4.69) is 10.2 Å². The molecule has 3 rings (SSSR count). The molecule has 1 heterocycles. The summed E-state index contributed by atoms with van der Waals surface area (Å²) in [7, 11) is 0. The van der Waals surface area contributed by atoms with Crippen molar-refractivity contribution < 1.29 is 13.9 Å². The fraction of sp³-hybridized carbons (Fsp3) is 0.357. The molecule has 1 aromatic heterocycles. The van der Waals surface area contributed by atoms with Gasteiger partial charge in [0.1, 0.15) is 0 Å². The standard InChI is InChI=1S/C14H14N2O3/c17-14(11-7-4-8-11)18-9-12-15-16-13(19-12)10-5-2-1-3-6-10/h1-3,5-6,11H,4,7-9H2. The van der Waals surface area contributed by atoms with Crippen molar-refractivity contribution in [2.24, 2.45) is 5.92 Å². The molecule has 0 bridgehead atoms. The summed E-state index contributed by atoms with van der Waals surface area (Å²) < 4.78 is 10.6. The molecular formula is C14H14N2O3. The lowest BCUT2D eigenvalue weighted by atomic mass is 9.86. The molecule has 0 unspecified atom stereocenters. The molecule has 0 spiro atoms. The summed E-state index contributed by atoms with van der Waals surface area (Å²) >= 11 is 0. The molecule has 1 aliphatic carbocycles. The van der Waals surface area contributed by atoms with E-state index in [1.54, 1.807) is 0 Å². The first-order valence-corrected chi connectivity index (χ1v) is 6.37. The fourth-order valence-corrected chi connectivity index (χ4v) is 1.90. The van der Waals surface area contributed by atoms with Gasteiger partial charge in [-0.1, -0.05) is 24.6 Å². The van der Waals surface area contributed by atoms with Crippen molar-refractivity contribution in [1.29, 1.82) is 0 Å². The average molecular weight is 258 g/mol. The summed E-state index contributed by atoms with van der Waals surface area (Å²) in [4.78, 5) is 11.6. The third-order valence-corrected chi connectivity index (χ3v) is 3.26. The molecule has 0 radical (unpaired) electrons. The van der Waals surface area contributed by atoms with Crippen LogP contribution in [0.1, 0.15) is 25.2 Å². The predicted molar refractivity (Wildman–Crippen MR) is 66.9 cm³/mol. The largest absolute Gasteiger partial charge is 0.455 e. The molecule has 1 aromatic carbocycles. The number of rotatable bonds is 4. The van der Waals surface area contributed by atoms with Crippen molar-refractivity contribution >= 4 is 5.97 Å². The van der Waals surface area contributed by atoms with Gasteiger partial charge in [0.15, 0.2) is 6.61 Å². The first-order chi connectivity index (χ1) is 9.33. The highest BCUT2D eigenvalue weighted by molar-refractivity contribution is 5.73. The van der Waals surface area contributed by atoms with Gasteiger partial charge in [-0.05, 0) is 25.0 Å². The maximum Gasteiger partial charge on any atom is 0.309 e. The Morgan fingerprint density at radius 3 is 2.74 bits per heavy atom. The average Bonchev–Trinajstić information content (AvgIpc) is 2.84. The summed E-state index contributed by atoms with van der Waals surface area (Å²) in [6.45, 7) is 0.0508. The number of ether oxygens (including phenoxy) is 1. The number of nitrogens with zero attached hydrogens (tertiary/aromatic N) is 2. The van der Waals surface area contributed by atoms with Crippen LogP contribution in [0.3, 0.4) is 0 Å². The molecule has 0 amide bonds. The van der Waals surface area contributed by atoms with E-state index in [0.29, 0.717) is 11.8 Å². The molecule has 1 fully saturated rings.